The Balaban J connectivity index is 1.88. The molecule has 0 fully saturated rings. The third-order valence-corrected chi connectivity index (χ3v) is 7.17. The highest BCUT2D eigenvalue weighted by Gasteiger charge is 2.28. The molecule has 2 aromatic carbocycles. The smallest absolute Gasteiger partial charge is 0.274 e. The van der Waals surface area contributed by atoms with E-state index in [-0.39, 0.29) is 17.4 Å². The van der Waals surface area contributed by atoms with Gasteiger partial charge in [0, 0.05) is 5.02 Å². The van der Waals surface area contributed by atoms with Crippen molar-refractivity contribution in [2.45, 2.75) is 4.21 Å². The van der Waals surface area contributed by atoms with E-state index in [4.69, 9.17) is 21.1 Å². The summed E-state index contributed by atoms with van der Waals surface area (Å²) in [6, 6.07) is 17.3. The molecule has 0 aliphatic heterocycles. The monoisotopic (exact) mass is 423 g/mol. The Labute approximate surface area is 167 Å². The molecule has 0 amide bonds. The van der Waals surface area contributed by atoms with Gasteiger partial charge in [-0.1, -0.05) is 35.9 Å². The first-order chi connectivity index (χ1) is 13.0. The maximum atomic E-state index is 13.2. The van der Waals surface area contributed by atoms with E-state index >= 15 is 0 Å². The maximum Gasteiger partial charge on any atom is 0.274 e. The van der Waals surface area contributed by atoms with Crippen LogP contribution in [-0.2, 0) is 10.0 Å². The molecule has 0 radical (unpaired) electrons. The maximum absolute atomic E-state index is 13.2. The van der Waals surface area contributed by atoms with Gasteiger partial charge >= 0.3 is 0 Å². The molecule has 0 bridgehead atoms. The number of ether oxygens (including phenoxy) is 2. The molecule has 3 rings (SSSR count). The van der Waals surface area contributed by atoms with Crippen molar-refractivity contribution in [3.05, 3.63) is 71.1 Å². The number of para-hydroxylation sites is 2. The molecule has 142 valence electrons. The minimum Gasteiger partial charge on any atom is -0.495 e. The Morgan fingerprint density at radius 1 is 1.07 bits per heavy atom. The Hall–Kier alpha value is -2.22. The molecule has 0 atom stereocenters. The van der Waals surface area contributed by atoms with Gasteiger partial charge in [-0.15, -0.1) is 11.3 Å². The molecule has 3 aromatic rings. The Morgan fingerprint density at radius 3 is 2.59 bits per heavy atom. The lowest BCUT2D eigenvalue weighted by atomic mass is 10.3. The quantitative estimate of drug-likeness (QED) is 0.527. The Morgan fingerprint density at radius 2 is 1.89 bits per heavy atom. The largest absolute Gasteiger partial charge is 0.495 e. The van der Waals surface area contributed by atoms with E-state index in [1.165, 1.54) is 22.8 Å². The van der Waals surface area contributed by atoms with Crippen LogP contribution in [0.2, 0.25) is 5.02 Å². The van der Waals surface area contributed by atoms with Crippen molar-refractivity contribution < 1.29 is 17.9 Å². The number of benzene rings is 2. The molecule has 27 heavy (non-hydrogen) atoms. The number of anilines is 1. The number of halogens is 1. The van der Waals surface area contributed by atoms with Gasteiger partial charge in [-0.2, -0.15) is 0 Å². The van der Waals surface area contributed by atoms with Crippen LogP contribution in [0.3, 0.4) is 0 Å². The number of nitrogens with zero attached hydrogens (tertiary/aromatic N) is 1. The van der Waals surface area contributed by atoms with Gasteiger partial charge in [0.15, 0.2) is 0 Å². The van der Waals surface area contributed by atoms with E-state index in [1.54, 1.807) is 66.0 Å². The first-order valence-corrected chi connectivity index (χ1v) is 10.8. The summed E-state index contributed by atoms with van der Waals surface area (Å²) >= 11 is 7.13. The molecule has 0 aliphatic carbocycles. The number of methoxy groups -OCH3 is 1. The van der Waals surface area contributed by atoms with Crippen molar-refractivity contribution in [1.29, 1.82) is 0 Å². The molecule has 1 heterocycles. The van der Waals surface area contributed by atoms with Crippen molar-refractivity contribution in [1.82, 2.24) is 0 Å². The lowest BCUT2D eigenvalue weighted by Crippen LogP contribution is -2.34. The van der Waals surface area contributed by atoms with E-state index in [1.807, 2.05) is 0 Å². The number of rotatable bonds is 8. The van der Waals surface area contributed by atoms with E-state index in [9.17, 15) is 8.42 Å². The van der Waals surface area contributed by atoms with Crippen molar-refractivity contribution in [3.63, 3.8) is 0 Å². The van der Waals surface area contributed by atoms with Gasteiger partial charge in [-0.3, -0.25) is 4.31 Å². The van der Waals surface area contributed by atoms with Crippen molar-refractivity contribution in [3.8, 4) is 11.5 Å². The molecular formula is C19H18ClNO4S2. The van der Waals surface area contributed by atoms with Crippen LogP contribution in [0.5, 0.6) is 11.5 Å². The van der Waals surface area contributed by atoms with Gasteiger partial charge in [-0.05, 0) is 41.8 Å². The molecule has 0 N–H and O–H groups in total. The summed E-state index contributed by atoms with van der Waals surface area (Å²) in [7, 11) is -2.23. The minimum atomic E-state index is -3.74. The normalized spacial score (nSPS) is 11.2. The van der Waals surface area contributed by atoms with Crippen LogP contribution < -0.4 is 13.8 Å². The number of hydrogen-bond donors (Lipinski definition) is 0. The number of thiophene rings is 1. The summed E-state index contributed by atoms with van der Waals surface area (Å²) in [4.78, 5) is 0. The van der Waals surface area contributed by atoms with Crippen LogP contribution in [0, 0.1) is 0 Å². The van der Waals surface area contributed by atoms with Crippen molar-refractivity contribution >= 4 is 38.6 Å². The van der Waals surface area contributed by atoms with Gasteiger partial charge in [0.05, 0.1) is 19.3 Å². The van der Waals surface area contributed by atoms with Crippen LogP contribution >= 0.6 is 22.9 Å². The molecular weight excluding hydrogens is 406 g/mol. The highest BCUT2D eigenvalue weighted by Crippen LogP contribution is 2.33. The fourth-order valence-corrected chi connectivity index (χ4v) is 5.27. The summed E-state index contributed by atoms with van der Waals surface area (Å²) in [5, 5.41) is 2.29. The van der Waals surface area contributed by atoms with Gasteiger partial charge in [-0.25, -0.2) is 8.42 Å². The lowest BCUT2D eigenvalue weighted by molar-refractivity contribution is 0.328. The first kappa shape index (κ1) is 19.5. The lowest BCUT2D eigenvalue weighted by Gasteiger charge is -2.25. The minimum absolute atomic E-state index is 0.118. The van der Waals surface area contributed by atoms with Crippen LogP contribution in [0.4, 0.5) is 5.69 Å². The highest BCUT2D eigenvalue weighted by molar-refractivity contribution is 7.94. The summed E-state index contributed by atoms with van der Waals surface area (Å²) in [5.41, 5.74) is 0.461. The van der Waals surface area contributed by atoms with Crippen molar-refractivity contribution in [2.75, 3.05) is 24.6 Å². The fraction of sp³-hybridized carbons (Fsp3) is 0.158. The zero-order valence-corrected chi connectivity index (χ0v) is 16.9. The zero-order chi connectivity index (χ0) is 19.3. The molecule has 0 aliphatic rings. The SMILES string of the molecule is COc1ccccc1N(CCOc1cccc(Cl)c1)S(=O)(=O)c1cccs1. The molecule has 0 spiro atoms. The van der Waals surface area contributed by atoms with Crippen LogP contribution in [0.1, 0.15) is 0 Å². The van der Waals surface area contributed by atoms with E-state index < -0.39 is 10.0 Å². The highest BCUT2D eigenvalue weighted by atomic mass is 35.5. The molecule has 5 nitrogen and oxygen atoms in total. The second-order valence-electron chi connectivity index (χ2n) is 5.49. The van der Waals surface area contributed by atoms with E-state index in [0.29, 0.717) is 22.2 Å². The van der Waals surface area contributed by atoms with Gasteiger partial charge in [0.25, 0.3) is 10.0 Å². The third-order valence-electron chi connectivity index (χ3n) is 3.75. The average molecular weight is 424 g/mol. The van der Waals surface area contributed by atoms with Gasteiger partial charge in [0.2, 0.25) is 0 Å². The molecule has 0 unspecified atom stereocenters. The standard InChI is InChI=1S/C19H18ClNO4S2/c1-24-18-9-3-2-8-17(18)21(27(22,23)19-10-5-13-26-19)11-12-25-16-7-4-6-15(20)14-16/h2-10,13-14H,11-12H2,1H3. The van der Waals surface area contributed by atoms with Crippen LogP contribution in [-0.4, -0.2) is 28.7 Å². The van der Waals surface area contributed by atoms with Crippen molar-refractivity contribution in [2.24, 2.45) is 0 Å². The molecule has 0 saturated heterocycles. The molecule has 8 heteroatoms. The predicted octanol–water partition coefficient (Wildman–Crippen LogP) is 4.68. The van der Waals surface area contributed by atoms with Crippen LogP contribution in [0.15, 0.2) is 70.3 Å². The van der Waals surface area contributed by atoms with Crippen LogP contribution in [0.25, 0.3) is 0 Å². The third kappa shape index (κ3) is 4.55. The second-order valence-corrected chi connectivity index (χ2v) is 8.96. The van der Waals surface area contributed by atoms with Gasteiger partial charge in [0.1, 0.15) is 22.3 Å². The predicted molar refractivity (Wildman–Crippen MR) is 109 cm³/mol. The average Bonchev–Trinajstić information content (AvgIpc) is 3.21. The summed E-state index contributed by atoms with van der Waals surface area (Å²) in [6.45, 7) is 0.274. The fourth-order valence-electron chi connectivity index (χ4n) is 2.53. The second kappa shape index (κ2) is 8.65. The molecule has 0 saturated carbocycles. The summed E-state index contributed by atoms with van der Waals surface area (Å²) in [6.07, 6.45) is 0. The Kier molecular flexibility index (Phi) is 6.26. The number of hydrogen-bond acceptors (Lipinski definition) is 5. The number of sulfonamides is 1. The van der Waals surface area contributed by atoms with E-state index in [2.05, 4.69) is 0 Å². The summed E-state index contributed by atoms with van der Waals surface area (Å²) < 4.78 is 38.9. The topological polar surface area (TPSA) is 55.8 Å². The Bertz CT molecular complexity index is 990. The first-order valence-electron chi connectivity index (χ1n) is 8.10. The zero-order valence-electron chi connectivity index (χ0n) is 14.5. The van der Waals surface area contributed by atoms with E-state index in [0.717, 1.165) is 0 Å². The molecule has 1 aromatic heterocycles. The van der Waals surface area contributed by atoms with Gasteiger partial charge < -0.3 is 9.47 Å². The summed E-state index contributed by atoms with van der Waals surface area (Å²) in [5.74, 6) is 1.05.